The molecule has 3 aliphatic rings. The van der Waals surface area contributed by atoms with Gasteiger partial charge in [0.1, 0.15) is 0 Å². The Kier molecular flexibility index (Phi) is 6.85. The molecule has 1 aromatic heterocycles. The van der Waals surface area contributed by atoms with Crippen molar-refractivity contribution in [3.05, 3.63) is 55.6 Å². The molecule has 1 saturated carbocycles. The van der Waals surface area contributed by atoms with Gasteiger partial charge in [0.15, 0.2) is 11.5 Å². The van der Waals surface area contributed by atoms with E-state index >= 15 is 0 Å². The zero-order valence-corrected chi connectivity index (χ0v) is 23.6. The molecule has 0 spiro atoms. The molecule has 2 aromatic rings. The largest absolute Gasteiger partial charge is 0.448 e. The normalized spacial score (nSPS) is 24.9. The third-order valence-electron chi connectivity index (χ3n) is 8.16. The van der Waals surface area contributed by atoms with Gasteiger partial charge in [-0.1, -0.05) is 11.6 Å². The molecule has 2 aliphatic heterocycles. The fourth-order valence-corrected chi connectivity index (χ4v) is 6.93. The third kappa shape index (κ3) is 4.44. The quantitative estimate of drug-likeness (QED) is 0.482. The number of nitrogens with one attached hydrogen (secondary N) is 1. The summed E-state index contributed by atoms with van der Waals surface area (Å²) in [5, 5.41) is 0.616. The van der Waals surface area contributed by atoms with Crippen LogP contribution in [-0.4, -0.2) is 47.0 Å². The van der Waals surface area contributed by atoms with Gasteiger partial charge in [0.2, 0.25) is 0 Å². The fraction of sp³-hybridized carbons (Fsp3) is 0.536. The van der Waals surface area contributed by atoms with Gasteiger partial charge in [-0.05, 0) is 77.6 Å². The molecule has 8 heteroatoms. The van der Waals surface area contributed by atoms with Crippen LogP contribution in [0.1, 0.15) is 60.6 Å². The number of hydrogen-bond donors (Lipinski definition) is 1. The van der Waals surface area contributed by atoms with Gasteiger partial charge in [0, 0.05) is 59.9 Å². The Hall–Kier alpha value is -2.09. The molecule has 0 bridgehead atoms. The van der Waals surface area contributed by atoms with Crippen molar-refractivity contribution >= 4 is 29.4 Å². The van der Waals surface area contributed by atoms with Crippen LogP contribution in [0.4, 0.5) is 0 Å². The molecule has 1 N–H and O–H groups in total. The Morgan fingerprint density at radius 3 is 2.56 bits per heavy atom. The minimum atomic E-state index is -0.705. The first-order valence-electron chi connectivity index (χ1n) is 12.7. The Bertz CT molecular complexity index is 1270. The minimum Gasteiger partial charge on any atom is -0.448 e. The average molecular weight is 530 g/mol. The number of benzene rings is 1. The van der Waals surface area contributed by atoms with Crippen LogP contribution >= 0.6 is 23.4 Å². The summed E-state index contributed by atoms with van der Waals surface area (Å²) in [5.74, 6) is 1.05. The number of aryl methyl sites for hydroxylation is 1. The SMILES string of the molecule is CSc1cc(C)[nH]c(=O)c1CN1C=Cc2c(Cl)c3c(c(C)c2C1)OC(C)(C1CCC(N(C)C)CC1)O3. The molecule has 0 saturated heterocycles. The molecular formula is C28H36ClN3O3S. The van der Waals surface area contributed by atoms with Crippen LogP contribution in [0.3, 0.4) is 0 Å². The van der Waals surface area contributed by atoms with Crippen LogP contribution in [0.2, 0.25) is 5.02 Å². The molecule has 1 aliphatic carbocycles. The molecule has 0 amide bonds. The predicted molar refractivity (Wildman–Crippen MR) is 147 cm³/mol. The van der Waals surface area contributed by atoms with E-state index in [1.807, 2.05) is 31.5 Å². The van der Waals surface area contributed by atoms with E-state index in [0.29, 0.717) is 35.8 Å². The number of fused-ring (bicyclic) bond motifs is 2. The van der Waals surface area contributed by atoms with Gasteiger partial charge in [0.25, 0.3) is 11.3 Å². The number of H-pyrrole nitrogens is 1. The topological polar surface area (TPSA) is 57.8 Å². The van der Waals surface area contributed by atoms with Crippen LogP contribution in [0.25, 0.3) is 6.08 Å². The molecule has 5 rings (SSSR count). The Morgan fingerprint density at radius 2 is 1.89 bits per heavy atom. The average Bonchev–Trinajstić information content (AvgIpc) is 3.23. The molecule has 36 heavy (non-hydrogen) atoms. The van der Waals surface area contributed by atoms with E-state index in [4.69, 9.17) is 21.1 Å². The molecule has 0 radical (unpaired) electrons. The summed E-state index contributed by atoms with van der Waals surface area (Å²) >= 11 is 8.54. The molecule has 1 fully saturated rings. The van der Waals surface area contributed by atoms with E-state index in [1.54, 1.807) is 11.8 Å². The maximum Gasteiger partial charge on any atom is 0.254 e. The maximum atomic E-state index is 12.7. The Balaban J connectivity index is 1.40. The molecule has 6 nitrogen and oxygen atoms in total. The second-order valence-corrected chi connectivity index (χ2v) is 12.0. The van der Waals surface area contributed by atoms with Crippen molar-refractivity contribution in [1.82, 2.24) is 14.8 Å². The summed E-state index contributed by atoms with van der Waals surface area (Å²) in [6, 6.07) is 2.66. The van der Waals surface area contributed by atoms with E-state index in [1.165, 1.54) is 0 Å². The summed E-state index contributed by atoms with van der Waals surface area (Å²) in [4.78, 5) is 21.2. The molecule has 3 heterocycles. The maximum absolute atomic E-state index is 12.7. The Labute approximate surface area is 223 Å². The lowest BCUT2D eigenvalue weighted by molar-refractivity contribution is -0.123. The van der Waals surface area contributed by atoms with Crippen LogP contribution < -0.4 is 15.0 Å². The lowest BCUT2D eigenvalue weighted by atomic mass is 9.81. The molecule has 194 valence electrons. The van der Waals surface area contributed by atoms with Gasteiger partial charge in [0.05, 0.1) is 10.6 Å². The first-order chi connectivity index (χ1) is 17.1. The van der Waals surface area contributed by atoms with Crippen molar-refractivity contribution in [1.29, 1.82) is 0 Å². The molecule has 1 aromatic carbocycles. The zero-order chi connectivity index (χ0) is 25.8. The summed E-state index contributed by atoms with van der Waals surface area (Å²) < 4.78 is 13.1. The smallest absolute Gasteiger partial charge is 0.254 e. The number of aromatic nitrogens is 1. The van der Waals surface area contributed by atoms with Crippen LogP contribution in [0.15, 0.2) is 22.0 Å². The van der Waals surface area contributed by atoms with Crippen LogP contribution in [0.5, 0.6) is 11.5 Å². The first kappa shape index (κ1) is 25.6. The number of rotatable bonds is 5. The van der Waals surface area contributed by atoms with E-state index in [9.17, 15) is 4.79 Å². The third-order valence-corrected chi connectivity index (χ3v) is 9.34. The van der Waals surface area contributed by atoms with Crippen molar-refractivity contribution < 1.29 is 9.47 Å². The van der Waals surface area contributed by atoms with Crippen molar-refractivity contribution in [3.8, 4) is 11.5 Å². The highest BCUT2D eigenvalue weighted by atomic mass is 35.5. The molecule has 1 unspecified atom stereocenters. The lowest BCUT2D eigenvalue weighted by Gasteiger charge is -2.39. The van der Waals surface area contributed by atoms with E-state index in [-0.39, 0.29) is 5.56 Å². The number of halogens is 1. The van der Waals surface area contributed by atoms with Gasteiger partial charge in [-0.25, -0.2) is 0 Å². The van der Waals surface area contributed by atoms with Crippen molar-refractivity contribution in [2.45, 2.75) is 76.3 Å². The summed E-state index contributed by atoms with van der Waals surface area (Å²) in [6.45, 7) is 7.26. The van der Waals surface area contributed by atoms with E-state index in [0.717, 1.165) is 64.3 Å². The highest BCUT2D eigenvalue weighted by Crippen LogP contribution is 2.54. The number of thioether (sulfide) groups is 1. The van der Waals surface area contributed by atoms with Gasteiger partial charge in [-0.2, -0.15) is 0 Å². The van der Waals surface area contributed by atoms with Crippen LogP contribution in [-0.2, 0) is 13.1 Å². The van der Waals surface area contributed by atoms with Crippen LogP contribution in [0, 0.1) is 19.8 Å². The van der Waals surface area contributed by atoms with Gasteiger partial charge >= 0.3 is 0 Å². The van der Waals surface area contributed by atoms with E-state index < -0.39 is 5.79 Å². The van der Waals surface area contributed by atoms with Crippen molar-refractivity contribution in [3.63, 3.8) is 0 Å². The highest BCUT2D eigenvalue weighted by molar-refractivity contribution is 7.98. The van der Waals surface area contributed by atoms with Gasteiger partial charge in [-0.3, -0.25) is 4.79 Å². The number of pyridine rings is 1. The molecule has 1 atom stereocenters. The monoisotopic (exact) mass is 529 g/mol. The second kappa shape index (κ2) is 9.66. The number of aromatic amines is 1. The molecular weight excluding hydrogens is 494 g/mol. The summed E-state index contributed by atoms with van der Waals surface area (Å²) in [7, 11) is 4.32. The van der Waals surface area contributed by atoms with E-state index in [2.05, 4.69) is 42.7 Å². The summed E-state index contributed by atoms with van der Waals surface area (Å²) in [5.41, 5.74) is 4.80. The summed E-state index contributed by atoms with van der Waals surface area (Å²) in [6.07, 6.45) is 10.5. The van der Waals surface area contributed by atoms with Gasteiger partial charge < -0.3 is 24.3 Å². The predicted octanol–water partition coefficient (Wildman–Crippen LogP) is 5.96. The Morgan fingerprint density at radius 1 is 1.19 bits per heavy atom. The first-order valence-corrected chi connectivity index (χ1v) is 14.3. The van der Waals surface area contributed by atoms with Crippen molar-refractivity contribution in [2.24, 2.45) is 5.92 Å². The number of hydrogen-bond acceptors (Lipinski definition) is 6. The zero-order valence-electron chi connectivity index (χ0n) is 22.0. The number of ether oxygens (including phenoxy) is 2. The standard InChI is InChI=1S/C28H36ClN3O3S/c1-16-13-23(36-6)22(27(33)30-16)15-32-12-11-20-21(14-32)17(2)25-26(24(20)29)35-28(3,34-25)18-7-9-19(10-8-18)31(4)5/h11-13,18-19H,7-10,14-15H2,1-6H3,(H,30,33). The van der Waals surface area contributed by atoms with Gasteiger partial charge in [-0.15, -0.1) is 11.8 Å². The fourth-order valence-electron chi connectivity index (χ4n) is 5.93. The second-order valence-electron chi connectivity index (χ2n) is 10.7. The highest BCUT2D eigenvalue weighted by Gasteiger charge is 2.48. The lowest BCUT2D eigenvalue weighted by Crippen LogP contribution is -2.46. The minimum absolute atomic E-state index is 0.0289. The van der Waals surface area contributed by atoms with Crippen molar-refractivity contribution in [2.75, 3.05) is 20.4 Å². The number of nitrogens with zero attached hydrogens (tertiary/aromatic N) is 2.